The van der Waals surface area contributed by atoms with Crippen molar-refractivity contribution in [2.75, 3.05) is 12.3 Å². The maximum atomic E-state index is 12.4. The smallest absolute Gasteiger partial charge is 0.261 e. The Hall–Kier alpha value is -3.47. The Kier molecular flexibility index (Phi) is 3.77. The molecule has 0 saturated heterocycles. The minimum Gasteiger partial charge on any atom is -0.398 e. The van der Waals surface area contributed by atoms with E-state index in [-0.39, 0.29) is 24.1 Å². The molecule has 0 radical (unpaired) electrons. The highest BCUT2D eigenvalue weighted by Crippen LogP contribution is 2.29. The predicted octanol–water partition coefficient (Wildman–Crippen LogP) is 3.18. The fourth-order valence-electron chi connectivity index (χ4n) is 3.36. The van der Waals surface area contributed by atoms with Crippen molar-refractivity contribution >= 4 is 35.4 Å². The van der Waals surface area contributed by atoms with Crippen LogP contribution in [0.4, 0.5) is 5.69 Å². The molecule has 0 fully saturated rings. The number of nitrogen functional groups attached to an aromatic ring is 1. The standard InChI is InChI=1S/C21H16N2O3/c22-17-11-10-13(14-8-3-9-18(24)19(14)17)5-4-12-23-20(25)15-6-1-2-7-16(15)21(23)26/h1-8,10-11H,9,12,22H2. The van der Waals surface area contributed by atoms with Crippen molar-refractivity contribution in [1.82, 2.24) is 4.90 Å². The first-order chi connectivity index (χ1) is 12.6. The van der Waals surface area contributed by atoms with Gasteiger partial charge in [0.1, 0.15) is 0 Å². The molecule has 2 amide bonds. The Morgan fingerprint density at radius 3 is 2.38 bits per heavy atom. The number of carbonyl (C=O) groups is 3. The lowest BCUT2D eigenvalue weighted by molar-refractivity contribution is 0.0672. The summed E-state index contributed by atoms with van der Waals surface area (Å²) in [5.74, 6) is -0.579. The normalized spacial score (nSPS) is 15.7. The van der Waals surface area contributed by atoms with Gasteiger partial charge in [0.05, 0.1) is 11.1 Å². The van der Waals surface area contributed by atoms with Crippen molar-refractivity contribution in [2.45, 2.75) is 6.42 Å². The van der Waals surface area contributed by atoms with Crippen LogP contribution in [0, 0.1) is 0 Å². The van der Waals surface area contributed by atoms with Crippen molar-refractivity contribution in [1.29, 1.82) is 0 Å². The number of imide groups is 1. The topological polar surface area (TPSA) is 80.5 Å². The quantitative estimate of drug-likeness (QED) is 0.685. The Morgan fingerprint density at radius 2 is 1.69 bits per heavy atom. The van der Waals surface area contributed by atoms with Crippen LogP contribution in [0.5, 0.6) is 0 Å². The van der Waals surface area contributed by atoms with Crippen LogP contribution in [0.25, 0.3) is 12.2 Å². The summed E-state index contributed by atoms with van der Waals surface area (Å²) in [7, 11) is 0. The van der Waals surface area contributed by atoms with Crippen molar-refractivity contribution < 1.29 is 14.4 Å². The number of nitrogens with two attached hydrogens (primary N) is 1. The molecule has 0 atom stereocenters. The Labute approximate surface area is 150 Å². The minimum absolute atomic E-state index is 0.00408. The summed E-state index contributed by atoms with van der Waals surface area (Å²) < 4.78 is 0. The summed E-state index contributed by atoms with van der Waals surface area (Å²) in [6.45, 7) is 0.170. The van der Waals surface area contributed by atoms with Gasteiger partial charge in [-0.3, -0.25) is 19.3 Å². The van der Waals surface area contributed by atoms with Crippen LogP contribution in [0.3, 0.4) is 0 Å². The van der Waals surface area contributed by atoms with E-state index >= 15 is 0 Å². The van der Waals surface area contributed by atoms with Gasteiger partial charge in [0.15, 0.2) is 5.78 Å². The Morgan fingerprint density at radius 1 is 1.00 bits per heavy atom. The third kappa shape index (κ3) is 2.45. The Bertz CT molecular complexity index is 983. The van der Waals surface area contributed by atoms with Crippen LogP contribution in [0.2, 0.25) is 0 Å². The average Bonchev–Trinajstić information content (AvgIpc) is 2.89. The van der Waals surface area contributed by atoms with Crippen molar-refractivity contribution in [2.24, 2.45) is 0 Å². The molecule has 5 nitrogen and oxygen atoms in total. The fraction of sp³-hybridized carbons (Fsp3) is 0.0952. The fourth-order valence-corrected chi connectivity index (χ4v) is 3.36. The lowest BCUT2D eigenvalue weighted by Gasteiger charge is -2.15. The zero-order valence-electron chi connectivity index (χ0n) is 13.9. The van der Waals surface area contributed by atoms with E-state index in [0.29, 0.717) is 28.8 Å². The molecule has 0 aromatic heterocycles. The molecular weight excluding hydrogens is 328 g/mol. The van der Waals surface area contributed by atoms with Crippen LogP contribution < -0.4 is 5.73 Å². The third-order valence-electron chi connectivity index (χ3n) is 4.64. The molecule has 1 heterocycles. The average molecular weight is 344 g/mol. The molecule has 0 unspecified atom stereocenters. The molecule has 1 aliphatic carbocycles. The van der Waals surface area contributed by atoms with Gasteiger partial charge in [-0.25, -0.2) is 0 Å². The number of ketones is 1. The number of benzene rings is 2. The van der Waals surface area contributed by atoms with Crippen LogP contribution in [0.15, 0.2) is 48.6 Å². The summed E-state index contributed by atoms with van der Waals surface area (Å²) in [6.07, 6.45) is 7.60. The summed E-state index contributed by atoms with van der Waals surface area (Å²) in [5, 5.41) is 0. The molecule has 26 heavy (non-hydrogen) atoms. The van der Waals surface area contributed by atoms with Gasteiger partial charge in [0.2, 0.25) is 0 Å². The van der Waals surface area contributed by atoms with E-state index in [1.165, 1.54) is 4.90 Å². The number of hydrogen-bond donors (Lipinski definition) is 1. The lowest BCUT2D eigenvalue weighted by Crippen LogP contribution is -2.29. The highest BCUT2D eigenvalue weighted by Gasteiger charge is 2.34. The minimum atomic E-state index is -0.287. The van der Waals surface area contributed by atoms with Crippen LogP contribution in [0.1, 0.15) is 48.6 Å². The number of anilines is 1. The molecule has 128 valence electrons. The SMILES string of the molecule is Nc1ccc(C=CCN2C(=O)c3ccccc3C2=O)c2c1C(=O)CC=C2. The number of Topliss-reactive ketones (excluding diaryl/α,β-unsaturated/α-hetero) is 1. The van der Waals surface area contributed by atoms with E-state index < -0.39 is 0 Å². The van der Waals surface area contributed by atoms with E-state index in [4.69, 9.17) is 5.73 Å². The van der Waals surface area contributed by atoms with E-state index in [9.17, 15) is 14.4 Å². The molecule has 4 rings (SSSR count). The van der Waals surface area contributed by atoms with Gasteiger partial charge in [-0.05, 0) is 29.3 Å². The first-order valence-corrected chi connectivity index (χ1v) is 8.32. The zero-order chi connectivity index (χ0) is 18.3. The van der Waals surface area contributed by atoms with E-state index in [1.807, 2.05) is 24.3 Å². The van der Waals surface area contributed by atoms with Gasteiger partial charge < -0.3 is 5.73 Å². The zero-order valence-corrected chi connectivity index (χ0v) is 13.9. The number of rotatable bonds is 3. The number of carbonyl (C=O) groups excluding carboxylic acids is 3. The van der Waals surface area contributed by atoms with Crippen LogP contribution in [-0.4, -0.2) is 29.0 Å². The van der Waals surface area contributed by atoms with Crippen LogP contribution >= 0.6 is 0 Å². The van der Waals surface area contributed by atoms with Gasteiger partial charge in [0, 0.05) is 24.2 Å². The third-order valence-corrected chi connectivity index (χ3v) is 4.64. The number of allylic oxidation sites excluding steroid dienone is 1. The first-order valence-electron chi connectivity index (χ1n) is 8.32. The number of hydrogen-bond acceptors (Lipinski definition) is 4. The molecule has 2 aromatic rings. The first kappa shape index (κ1) is 16.0. The van der Waals surface area contributed by atoms with E-state index in [2.05, 4.69) is 0 Å². The van der Waals surface area contributed by atoms with E-state index in [1.54, 1.807) is 36.4 Å². The Balaban J connectivity index is 1.59. The second kappa shape index (κ2) is 6.11. The number of amides is 2. The lowest BCUT2D eigenvalue weighted by atomic mass is 9.90. The number of nitrogens with zero attached hydrogens (tertiary/aromatic N) is 1. The second-order valence-corrected chi connectivity index (χ2v) is 6.23. The highest BCUT2D eigenvalue weighted by atomic mass is 16.2. The molecule has 2 aliphatic rings. The second-order valence-electron chi connectivity index (χ2n) is 6.23. The molecule has 2 aromatic carbocycles. The van der Waals surface area contributed by atoms with Crippen molar-refractivity contribution in [3.63, 3.8) is 0 Å². The van der Waals surface area contributed by atoms with Crippen molar-refractivity contribution in [3.8, 4) is 0 Å². The molecule has 0 saturated carbocycles. The summed E-state index contributed by atoms with van der Waals surface area (Å²) >= 11 is 0. The monoisotopic (exact) mass is 344 g/mol. The van der Waals surface area contributed by atoms with Crippen molar-refractivity contribution in [3.05, 3.63) is 76.4 Å². The molecule has 5 heteroatoms. The summed E-state index contributed by atoms with van der Waals surface area (Å²) in [4.78, 5) is 38.1. The molecule has 1 aliphatic heterocycles. The van der Waals surface area contributed by atoms with Gasteiger partial charge in [-0.2, -0.15) is 0 Å². The van der Waals surface area contributed by atoms with Crippen LogP contribution in [-0.2, 0) is 0 Å². The van der Waals surface area contributed by atoms with Gasteiger partial charge >= 0.3 is 0 Å². The summed E-state index contributed by atoms with van der Waals surface area (Å²) in [5.41, 5.74) is 9.42. The largest absolute Gasteiger partial charge is 0.398 e. The maximum absolute atomic E-state index is 12.4. The van der Waals surface area contributed by atoms with Gasteiger partial charge in [0.25, 0.3) is 11.8 Å². The molecular formula is C21H16N2O3. The maximum Gasteiger partial charge on any atom is 0.261 e. The number of fused-ring (bicyclic) bond motifs is 2. The molecule has 0 spiro atoms. The summed E-state index contributed by atoms with van der Waals surface area (Å²) in [6, 6.07) is 10.3. The predicted molar refractivity (Wildman–Crippen MR) is 99.7 cm³/mol. The molecule has 2 N–H and O–H groups in total. The highest BCUT2D eigenvalue weighted by molar-refractivity contribution is 6.21. The van der Waals surface area contributed by atoms with E-state index in [0.717, 1.165) is 11.1 Å². The molecule has 0 bridgehead atoms. The van der Waals surface area contributed by atoms with Gasteiger partial charge in [-0.1, -0.05) is 42.5 Å². The van der Waals surface area contributed by atoms with Gasteiger partial charge in [-0.15, -0.1) is 0 Å².